The summed E-state index contributed by atoms with van der Waals surface area (Å²) in [6.07, 6.45) is 1.24. The topological polar surface area (TPSA) is 60.8 Å². The number of aromatic hydroxyl groups is 1. The van der Waals surface area contributed by atoms with Crippen molar-refractivity contribution in [1.82, 2.24) is 4.90 Å². The first kappa shape index (κ1) is 17.0. The van der Waals surface area contributed by atoms with Gasteiger partial charge in [-0.25, -0.2) is 0 Å². The zero-order valence-electron chi connectivity index (χ0n) is 13.6. The number of rotatable bonds is 6. The number of nitrogens with zero attached hydrogens (tertiary/aromatic N) is 1. The van der Waals surface area contributed by atoms with Crippen LogP contribution < -0.4 is 0 Å². The summed E-state index contributed by atoms with van der Waals surface area (Å²) in [4.78, 5) is 14.4. The lowest BCUT2D eigenvalue weighted by molar-refractivity contribution is 0.0702. The number of aliphatic hydroxyl groups excluding tert-OH is 1. The number of benzene rings is 2. The van der Waals surface area contributed by atoms with E-state index in [1.807, 2.05) is 43.3 Å². The van der Waals surface area contributed by atoms with Crippen LogP contribution in [-0.2, 0) is 6.42 Å². The molecule has 0 aromatic heterocycles. The average molecular weight is 313 g/mol. The Bertz CT molecular complexity index is 655. The molecule has 0 aliphatic rings. The van der Waals surface area contributed by atoms with E-state index in [4.69, 9.17) is 0 Å². The van der Waals surface area contributed by atoms with E-state index in [2.05, 4.69) is 0 Å². The summed E-state index contributed by atoms with van der Waals surface area (Å²) in [6.45, 7) is 1.99. The van der Waals surface area contributed by atoms with Crippen LogP contribution in [0.25, 0.3) is 0 Å². The highest BCUT2D eigenvalue weighted by Crippen LogP contribution is 2.27. The Kier molecular flexibility index (Phi) is 5.77. The first-order valence-corrected chi connectivity index (χ1v) is 7.83. The fraction of sp³-hybridized carbons (Fsp3) is 0.316. The monoisotopic (exact) mass is 313 g/mol. The van der Waals surface area contributed by atoms with Crippen LogP contribution in [0.15, 0.2) is 48.5 Å². The van der Waals surface area contributed by atoms with Crippen molar-refractivity contribution in [3.8, 4) is 5.75 Å². The normalized spacial score (nSPS) is 12.0. The van der Waals surface area contributed by atoms with Crippen LogP contribution >= 0.6 is 0 Å². The third-order valence-electron chi connectivity index (χ3n) is 4.07. The Morgan fingerprint density at radius 1 is 1.17 bits per heavy atom. The number of phenolic OH excluding ortho intramolecular Hbond substituents is 1. The number of hydrogen-bond donors (Lipinski definition) is 2. The maximum Gasteiger partial charge on any atom is 0.257 e. The van der Waals surface area contributed by atoms with Crippen molar-refractivity contribution >= 4 is 5.91 Å². The molecule has 4 heteroatoms. The van der Waals surface area contributed by atoms with Crippen molar-refractivity contribution in [3.05, 3.63) is 65.2 Å². The van der Waals surface area contributed by atoms with E-state index >= 15 is 0 Å². The summed E-state index contributed by atoms with van der Waals surface area (Å²) in [5.74, 6) is -0.269. The molecule has 0 heterocycles. The van der Waals surface area contributed by atoms with E-state index in [1.165, 1.54) is 0 Å². The van der Waals surface area contributed by atoms with Gasteiger partial charge in [-0.3, -0.25) is 4.79 Å². The van der Waals surface area contributed by atoms with Crippen LogP contribution in [0.4, 0.5) is 0 Å². The molecular weight excluding hydrogens is 290 g/mol. The van der Waals surface area contributed by atoms with Gasteiger partial charge in [0, 0.05) is 13.7 Å². The molecule has 0 aliphatic heterocycles. The van der Waals surface area contributed by atoms with Gasteiger partial charge in [0.2, 0.25) is 0 Å². The van der Waals surface area contributed by atoms with Gasteiger partial charge in [0.05, 0.1) is 11.6 Å². The second kappa shape index (κ2) is 7.79. The lowest BCUT2D eigenvalue weighted by atomic mass is 10.0. The number of amides is 1. The van der Waals surface area contributed by atoms with Crippen molar-refractivity contribution in [2.45, 2.75) is 25.8 Å². The molecule has 0 fully saturated rings. The van der Waals surface area contributed by atoms with Gasteiger partial charge >= 0.3 is 0 Å². The second-order valence-corrected chi connectivity index (χ2v) is 5.56. The maximum absolute atomic E-state index is 12.8. The van der Waals surface area contributed by atoms with Gasteiger partial charge in [-0.1, -0.05) is 43.3 Å². The van der Waals surface area contributed by atoms with Gasteiger partial charge < -0.3 is 15.1 Å². The molecule has 0 radical (unpaired) electrons. The number of hydrogen-bond acceptors (Lipinski definition) is 3. The average Bonchev–Trinajstić information content (AvgIpc) is 2.59. The molecule has 0 saturated carbocycles. The molecule has 23 heavy (non-hydrogen) atoms. The molecule has 0 aliphatic carbocycles. The van der Waals surface area contributed by atoms with E-state index in [9.17, 15) is 15.0 Å². The highest BCUT2D eigenvalue weighted by Gasteiger charge is 2.24. The molecule has 0 bridgehead atoms. The van der Waals surface area contributed by atoms with Crippen molar-refractivity contribution in [2.75, 3.05) is 13.7 Å². The van der Waals surface area contributed by atoms with Crippen molar-refractivity contribution < 1.29 is 15.0 Å². The summed E-state index contributed by atoms with van der Waals surface area (Å²) < 4.78 is 0. The fourth-order valence-electron chi connectivity index (χ4n) is 2.69. The summed E-state index contributed by atoms with van der Waals surface area (Å²) in [7, 11) is 1.70. The first-order valence-electron chi connectivity index (χ1n) is 7.83. The Balaban J connectivity index is 2.33. The minimum Gasteiger partial charge on any atom is -0.507 e. The molecule has 2 aromatic rings. The molecule has 1 unspecified atom stereocenters. The van der Waals surface area contributed by atoms with Crippen molar-refractivity contribution in [1.29, 1.82) is 0 Å². The van der Waals surface area contributed by atoms with Crippen LogP contribution in [-0.4, -0.2) is 34.7 Å². The van der Waals surface area contributed by atoms with Crippen molar-refractivity contribution in [2.24, 2.45) is 0 Å². The molecule has 0 saturated heterocycles. The number of carbonyl (C=O) groups excluding carboxylic acids is 1. The zero-order chi connectivity index (χ0) is 16.8. The van der Waals surface area contributed by atoms with Crippen LogP contribution in [0.3, 0.4) is 0 Å². The number of carbonyl (C=O) groups is 1. The number of aliphatic hydroxyl groups is 1. The zero-order valence-corrected chi connectivity index (χ0v) is 13.6. The van der Waals surface area contributed by atoms with Gasteiger partial charge in [-0.15, -0.1) is 0 Å². The summed E-state index contributed by atoms with van der Waals surface area (Å²) in [5.41, 5.74) is 2.26. The van der Waals surface area contributed by atoms with Gasteiger partial charge in [-0.05, 0) is 36.1 Å². The van der Waals surface area contributed by atoms with E-state index < -0.39 is 0 Å². The molecule has 1 atom stereocenters. The van der Waals surface area contributed by atoms with Crippen LogP contribution in [0, 0.1) is 0 Å². The summed E-state index contributed by atoms with van der Waals surface area (Å²) in [6, 6.07) is 14.5. The Hall–Kier alpha value is -2.33. The predicted molar refractivity (Wildman–Crippen MR) is 90.5 cm³/mol. The minimum atomic E-state index is -0.250. The minimum absolute atomic E-state index is 0.0157. The summed E-state index contributed by atoms with van der Waals surface area (Å²) >= 11 is 0. The van der Waals surface area contributed by atoms with E-state index in [0.29, 0.717) is 12.0 Å². The third kappa shape index (κ3) is 3.90. The first-order chi connectivity index (χ1) is 11.1. The maximum atomic E-state index is 12.8. The Labute approximate surface area is 137 Å². The molecule has 0 spiro atoms. The van der Waals surface area contributed by atoms with Crippen molar-refractivity contribution in [3.63, 3.8) is 0 Å². The Morgan fingerprint density at radius 2 is 1.87 bits per heavy atom. The molecule has 2 aromatic carbocycles. The molecule has 1 amide bonds. The lowest BCUT2D eigenvalue weighted by Gasteiger charge is -2.28. The SMILES string of the molecule is CCc1ccc(O)c(C(=O)N(C)C(CCO)c2ccccc2)c1. The quantitative estimate of drug-likeness (QED) is 0.861. The van der Waals surface area contributed by atoms with Gasteiger partial charge in [-0.2, -0.15) is 0 Å². The molecule has 2 N–H and O–H groups in total. The summed E-state index contributed by atoms with van der Waals surface area (Å²) in [5, 5.41) is 19.4. The van der Waals surface area contributed by atoms with E-state index in [1.54, 1.807) is 24.1 Å². The second-order valence-electron chi connectivity index (χ2n) is 5.56. The standard InChI is InChI=1S/C19H23NO3/c1-3-14-9-10-18(22)16(13-14)19(23)20(2)17(11-12-21)15-7-5-4-6-8-15/h4-10,13,17,21-22H,3,11-12H2,1-2H3. The number of aryl methyl sites for hydroxylation is 1. The fourth-order valence-corrected chi connectivity index (χ4v) is 2.69. The smallest absolute Gasteiger partial charge is 0.257 e. The molecule has 2 rings (SSSR count). The largest absolute Gasteiger partial charge is 0.507 e. The van der Waals surface area contributed by atoms with Gasteiger partial charge in [0.15, 0.2) is 0 Å². The van der Waals surface area contributed by atoms with Crippen LogP contribution in [0.2, 0.25) is 0 Å². The van der Waals surface area contributed by atoms with Crippen LogP contribution in [0.1, 0.15) is 40.9 Å². The molecule has 4 nitrogen and oxygen atoms in total. The molecular formula is C19H23NO3. The van der Waals surface area contributed by atoms with Gasteiger partial charge in [0.25, 0.3) is 5.91 Å². The number of phenols is 1. The van der Waals surface area contributed by atoms with E-state index in [0.717, 1.165) is 17.5 Å². The highest BCUT2D eigenvalue weighted by atomic mass is 16.3. The highest BCUT2D eigenvalue weighted by molar-refractivity contribution is 5.97. The lowest BCUT2D eigenvalue weighted by Crippen LogP contribution is -2.32. The van der Waals surface area contributed by atoms with Crippen LogP contribution in [0.5, 0.6) is 5.75 Å². The predicted octanol–water partition coefficient (Wildman–Crippen LogP) is 3.15. The van der Waals surface area contributed by atoms with Gasteiger partial charge in [0.1, 0.15) is 5.75 Å². The third-order valence-corrected chi connectivity index (χ3v) is 4.07. The Morgan fingerprint density at radius 3 is 2.48 bits per heavy atom. The molecule has 122 valence electrons. The van der Waals surface area contributed by atoms with E-state index in [-0.39, 0.29) is 24.3 Å².